The van der Waals surface area contributed by atoms with Crippen molar-refractivity contribution in [1.29, 1.82) is 0 Å². The molecule has 0 aliphatic carbocycles. The zero-order valence-corrected chi connectivity index (χ0v) is 24.5. The Morgan fingerprint density at radius 3 is 2.41 bits per heavy atom. The summed E-state index contributed by atoms with van der Waals surface area (Å²) in [5.41, 5.74) is 2.15. The Morgan fingerprint density at radius 2 is 1.73 bits per heavy atom. The van der Waals surface area contributed by atoms with Crippen LogP contribution in [0.2, 0.25) is 0 Å². The number of methoxy groups -OCH3 is 1. The van der Waals surface area contributed by atoms with E-state index in [4.69, 9.17) is 4.74 Å². The van der Waals surface area contributed by atoms with Crippen molar-refractivity contribution < 1.29 is 19.1 Å². The summed E-state index contributed by atoms with van der Waals surface area (Å²) in [4.78, 5) is 42.8. The fourth-order valence-corrected chi connectivity index (χ4v) is 6.09. The summed E-state index contributed by atoms with van der Waals surface area (Å²) in [6.45, 7) is 3.94. The van der Waals surface area contributed by atoms with Crippen LogP contribution in [-0.4, -0.2) is 80.6 Å². The average molecular weight is 564 g/mol. The third-order valence-electron chi connectivity index (χ3n) is 8.44. The van der Waals surface area contributed by atoms with Crippen LogP contribution in [0.3, 0.4) is 0 Å². The molecule has 0 saturated carbocycles. The summed E-state index contributed by atoms with van der Waals surface area (Å²) in [5, 5.41) is 12.7. The number of ether oxygens (including phenoxy) is 1. The average Bonchev–Trinajstić information content (AvgIpc) is 3.38. The van der Waals surface area contributed by atoms with Crippen LogP contribution in [0.1, 0.15) is 43.7 Å². The molecule has 0 unspecified atom stereocenters. The molecule has 9 nitrogen and oxygen atoms in total. The lowest BCUT2D eigenvalue weighted by Gasteiger charge is -2.33. The zero-order chi connectivity index (χ0) is 29.2. The van der Waals surface area contributed by atoms with E-state index in [1.54, 1.807) is 19.1 Å². The first-order valence-corrected chi connectivity index (χ1v) is 14.9. The Balaban J connectivity index is 1.44. The van der Waals surface area contributed by atoms with Gasteiger partial charge in [0.25, 0.3) is 0 Å². The topological polar surface area (TPSA) is 112 Å². The van der Waals surface area contributed by atoms with Gasteiger partial charge in [0, 0.05) is 25.0 Å². The highest BCUT2D eigenvalue weighted by atomic mass is 16.5. The fraction of sp³-hybridized carbons (Fsp3) is 0.531. The van der Waals surface area contributed by atoms with Crippen LogP contribution in [0.15, 0.2) is 54.6 Å². The van der Waals surface area contributed by atoms with Gasteiger partial charge in [-0.3, -0.25) is 14.4 Å². The van der Waals surface area contributed by atoms with Crippen molar-refractivity contribution in [2.75, 3.05) is 33.8 Å². The van der Waals surface area contributed by atoms with E-state index in [1.807, 2.05) is 61.5 Å². The first-order valence-electron chi connectivity index (χ1n) is 14.9. The van der Waals surface area contributed by atoms with E-state index in [9.17, 15) is 14.4 Å². The van der Waals surface area contributed by atoms with Crippen LogP contribution in [-0.2, 0) is 27.2 Å². The molecule has 2 aromatic rings. The van der Waals surface area contributed by atoms with Gasteiger partial charge >= 0.3 is 0 Å². The normalized spacial score (nSPS) is 22.9. The predicted octanol–water partition coefficient (Wildman–Crippen LogP) is 2.05. The Labute approximate surface area is 243 Å². The Morgan fingerprint density at radius 1 is 1.00 bits per heavy atom. The molecular formula is C32H45N5O4. The van der Waals surface area contributed by atoms with Gasteiger partial charge in [-0.2, -0.15) is 0 Å². The van der Waals surface area contributed by atoms with Crippen molar-refractivity contribution in [2.45, 2.75) is 69.6 Å². The summed E-state index contributed by atoms with van der Waals surface area (Å²) >= 11 is 0. The maximum atomic E-state index is 14.1. The van der Waals surface area contributed by atoms with E-state index in [0.29, 0.717) is 32.4 Å². The summed E-state index contributed by atoms with van der Waals surface area (Å²) in [7, 11) is 3.40. The summed E-state index contributed by atoms with van der Waals surface area (Å²) in [6.07, 6.45) is 4.27. The van der Waals surface area contributed by atoms with Crippen molar-refractivity contribution in [3.63, 3.8) is 0 Å². The highest BCUT2D eigenvalue weighted by Gasteiger charge is 2.47. The number of rotatable bonds is 13. The number of amides is 3. The lowest BCUT2D eigenvalue weighted by atomic mass is 9.92. The molecule has 0 bridgehead atoms. The smallest absolute Gasteiger partial charge is 0.246 e. The van der Waals surface area contributed by atoms with E-state index in [0.717, 1.165) is 42.7 Å². The van der Waals surface area contributed by atoms with E-state index in [-0.39, 0.29) is 29.7 Å². The standard InChI is InChI=1S/C32H45N5O4/c1-4-34-21-24-12-13-25-14-17-28(31(39)35-19-18-22-10-15-26(41-3)16-11-22)37(25)32(40)29(24)36-30(38)27(33-2)20-23-8-6-5-7-9-23/h5-11,15-16,24-25,27-29,33-34H,4,12-14,17-21H2,1-3H3,(H,35,39)(H,36,38)/t24-,25+,27-,28+,29+/m1/s1. The first-order chi connectivity index (χ1) is 19.9. The zero-order valence-electron chi connectivity index (χ0n) is 24.5. The molecule has 2 aliphatic rings. The summed E-state index contributed by atoms with van der Waals surface area (Å²) in [6, 6.07) is 16.0. The lowest BCUT2D eigenvalue weighted by molar-refractivity contribution is -0.143. The number of likely N-dealkylation sites (N-methyl/N-ethyl adjacent to an activating group) is 1. The second-order valence-corrected chi connectivity index (χ2v) is 11.0. The predicted molar refractivity (Wildman–Crippen MR) is 160 cm³/mol. The van der Waals surface area contributed by atoms with Crippen molar-refractivity contribution in [3.05, 3.63) is 65.7 Å². The van der Waals surface area contributed by atoms with Crippen LogP contribution in [0.4, 0.5) is 0 Å². The number of fused-ring (bicyclic) bond motifs is 1. The van der Waals surface area contributed by atoms with E-state index in [2.05, 4.69) is 21.3 Å². The molecule has 2 aliphatic heterocycles. The van der Waals surface area contributed by atoms with Crippen molar-refractivity contribution in [2.24, 2.45) is 5.92 Å². The molecule has 2 heterocycles. The SMILES string of the molecule is CCNC[C@H]1CC[C@H]2CC[C@@H](C(=O)NCCc3ccc(OC)cc3)N2C(=O)[C@H]1NC(=O)[C@@H](Cc1ccccc1)NC. The molecule has 0 radical (unpaired) electrons. The first kappa shape index (κ1) is 30.5. The minimum absolute atomic E-state index is 0.00952. The Kier molecular flexibility index (Phi) is 11.2. The molecule has 9 heteroatoms. The van der Waals surface area contributed by atoms with Gasteiger partial charge in [-0.15, -0.1) is 0 Å². The summed E-state index contributed by atoms with van der Waals surface area (Å²) in [5.74, 6) is 0.275. The van der Waals surface area contributed by atoms with E-state index >= 15 is 0 Å². The van der Waals surface area contributed by atoms with Gasteiger partial charge in [-0.05, 0) is 75.4 Å². The third-order valence-corrected chi connectivity index (χ3v) is 8.44. The maximum Gasteiger partial charge on any atom is 0.246 e. The highest BCUT2D eigenvalue weighted by molar-refractivity contribution is 5.94. The van der Waals surface area contributed by atoms with Gasteiger partial charge in [0.1, 0.15) is 17.8 Å². The van der Waals surface area contributed by atoms with E-state index < -0.39 is 18.1 Å². The van der Waals surface area contributed by atoms with Gasteiger partial charge in [-0.25, -0.2) is 0 Å². The van der Waals surface area contributed by atoms with Gasteiger partial charge < -0.3 is 30.9 Å². The number of nitrogens with zero attached hydrogens (tertiary/aromatic N) is 1. The van der Waals surface area contributed by atoms with Gasteiger partial charge in [0.15, 0.2) is 0 Å². The molecule has 222 valence electrons. The Hall–Kier alpha value is -3.43. The lowest BCUT2D eigenvalue weighted by Crippen LogP contribution is -2.59. The van der Waals surface area contributed by atoms with Crippen LogP contribution < -0.4 is 26.0 Å². The molecule has 0 spiro atoms. The van der Waals surface area contributed by atoms with Crippen LogP contribution in [0.5, 0.6) is 5.75 Å². The van der Waals surface area contributed by atoms with Crippen molar-refractivity contribution in [3.8, 4) is 5.75 Å². The molecule has 41 heavy (non-hydrogen) atoms. The second kappa shape index (κ2) is 15.0. The molecule has 4 N–H and O–H groups in total. The monoisotopic (exact) mass is 563 g/mol. The quantitative estimate of drug-likeness (QED) is 0.297. The highest BCUT2D eigenvalue weighted by Crippen LogP contribution is 2.34. The van der Waals surface area contributed by atoms with Gasteiger partial charge in [-0.1, -0.05) is 49.4 Å². The molecular weight excluding hydrogens is 518 g/mol. The number of nitrogens with one attached hydrogen (secondary N) is 4. The van der Waals surface area contributed by atoms with Crippen LogP contribution in [0, 0.1) is 5.92 Å². The number of carbonyl (C=O) groups is 3. The fourth-order valence-electron chi connectivity index (χ4n) is 6.09. The number of benzene rings is 2. The summed E-state index contributed by atoms with van der Waals surface area (Å²) < 4.78 is 5.22. The molecule has 2 saturated heterocycles. The molecule has 0 aromatic heterocycles. The molecule has 3 amide bonds. The van der Waals surface area contributed by atoms with Crippen molar-refractivity contribution in [1.82, 2.24) is 26.2 Å². The second-order valence-electron chi connectivity index (χ2n) is 11.0. The minimum Gasteiger partial charge on any atom is -0.497 e. The molecule has 4 rings (SSSR count). The largest absolute Gasteiger partial charge is 0.497 e. The third kappa shape index (κ3) is 7.86. The van der Waals surface area contributed by atoms with Crippen LogP contribution >= 0.6 is 0 Å². The minimum atomic E-state index is -0.689. The number of carbonyl (C=O) groups excluding carboxylic acids is 3. The number of hydrogen-bond acceptors (Lipinski definition) is 6. The molecule has 2 fully saturated rings. The molecule has 5 atom stereocenters. The number of hydrogen-bond donors (Lipinski definition) is 4. The Bertz CT molecular complexity index is 1140. The van der Waals surface area contributed by atoms with Gasteiger partial charge in [0.2, 0.25) is 17.7 Å². The van der Waals surface area contributed by atoms with Crippen molar-refractivity contribution >= 4 is 17.7 Å². The van der Waals surface area contributed by atoms with E-state index in [1.165, 1.54) is 0 Å². The maximum absolute atomic E-state index is 14.1. The van der Waals surface area contributed by atoms with Gasteiger partial charge in [0.05, 0.1) is 13.2 Å². The van der Waals surface area contributed by atoms with Crippen LogP contribution in [0.25, 0.3) is 0 Å². The molecule has 2 aromatic carbocycles.